The first-order valence-electron chi connectivity index (χ1n) is 9.41. The molecule has 158 valence electrons. The summed E-state index contributed by atoms with van der Waals surface area (Å²) in [5, 5.41) is 2.86. The van der Waals surface area contributed by atoms with Crippen molar-refractivity contribution in [2.75, 3.05) is 20.3 Å². The van der Waals surface area contributed by atoms with Crippen molar-refractivity contribution in [3.8, 4) is 10.6 Å². The number of carbonyl (C=O) groups excluding carboxylic acids is 2. The number of Topliss-reactive ketones (excluding diaryl/α,β-unsaturated/α-hetero) is 1. The van der Waals surface area contributed by atoms with E-state index in [1.54, 1.807) is 24.6 Å². The van der Waals surface area contributed by atoms with Crippen molar-refractivity contribution in [1.82, 2.24) is 9.55 Å². The third-order valence-corrected chi connectivity index (χ3v) is 5.88. The zero-order chi connectivity index (χ0) is 21.8. The minimum absolute atomic E-state index is 0.0963. The number of rotatable bonds is 8. The number of thiazole rings is 1. The van der Waals surface area contributed by atoms with E-state index >= 15 is 0 Å². The molecular weight excluding hydrogens is 424 g/mol. The van der Waals surface area contributed by atoms with E-state index in [2.05, 4.69) is 9.55 Å². The van der Waals surface area contributed by atoms with Crippen LogP contribution in [0.3, 0.4) is 0 Å². The number of hydrogen-bond donors (Lipinski definition) is 0. The Balaban J connectivity index is 1.67. The average molecular weight is 447 g/mol. The molecule has 0 N–H and O–H groups in total. The van der Waals surface area contributed by atoms with Crippen molar-refractivity contribution in [3.05, 3.63) is 63.4 Å². The van der Waals surface area contributed by atoms with E-state index in [0.29, 0.717) is 22.2 Å². The summed E-state index contributed by atoms with van der Waals surface area (Å²) >= 11 is 7.32. The van der Waals surface area contributed by atoms with Gasteiger partial charge in [-0.2, -0.15) is 0 Å². The Kier molecular flexibility index (Phi) is 7.07. The van der Waals surface area contributed by atoms with Crippen molar-refractivity contribution >= 4 is 34.7 Å². The quantitative estimate of drug-likeness (QED) is 0.354. The number of aromatic nitrogens is 2. The second-order valence-electron chi connectivity index (χ2n) is 7.01. The van der Waals surface area contributed by atoms with Crippen LogP contribution < -0.4 is 0 Å². The zero-order valence-corrected chi connectivity index (χ0v) is 18.8. The van der Waals surface area contributed by atoms with Crippen LogP contribution in [0.15, 0.2) is 35.7 Å². The third kappa shape index (κ3) is 4.80. The molecule has 1 unspecified atom stereocenters. The zero-order valence-electron chi connectivity index (χ0n) is 17.3. The van der Waals surface area contributed by atoms with Gasteiger partial charge in [-0.05, 0) is 39.0 Å². The average Bonchev–Trinajstić information content (AvgIpc) is 3.31. The number of ketones is 1. The molecule has 0 aliphatic carbocycles. The van der Waals surface area contributed by atoms with Crippen LogP contribution in [0.4, 0.5) is 0 Å². The lowest BCUT2D eigenvalue weighted by Gasteiger charge is -2.17. The summed E-state index contributed by atoms with van der Waals surface area (Å²) in [5.74, 6) is -0.882. The molecule has 0 spiro atoms. The largest absolute Gasteiger partial charge is 0.453 e. The Labute approximate surface area is 184 Å². The molecule has 0 aliphatic rings. The van der Waals surface area contributed by atoms with Crippen molar-refractivity contribution in [3.63, 3.8) is 0 Å². The first-order chi connectivity index (χ1) is 14.3. The first-order valence-corrected chi connectivity index (χ1v) is 10.7. The van der Waals surface area contributed by atoms with Gasteiger partial charge in [-0.3, -0.25) is 4.79 Å². The highest BCUT2D eigenvalue weighted by atomic mass is 35.5. The fraction of sp³-hybridized carbons (Fsp3) is 0.318. The number of benzene rings is 1. The van der Waals surface area contributed by atoms with Crippen LogP contribution in [0.1, 0.15) is 45.2 Å². The van der Waals surface area contributed by atoms with Crippen LogP contribution in [-0.4, -0.2) is 41.6 Å². The van der Waals surface area contributed by atoms with E-state index in [4.69, 9.17) is 21.1 Å². The van der Waals surface area contributed by atoms with Crippen molar-refractivity contribution in [2.45, 2.75) is 26.8 Å². The van der Waals surface area contributed by atoms with Crippen molar-refractivity contribution in [2.24, 2.45) is 0 Å². The second kappa shape index (κ2) is 9.55. The smallest absolute Gasteiger partial charge is 0.358 e. The Morgan fingerprint density at radius 2 is 2.03 bits per heavy atom. The lowest BCUT2D eigenvalue weighted by Crippen LogP contribution is -2.17. The topological polar surface area (TPSA) is 70.4 Å². The molecule has 8 heteroatoms. The lowest BCUT2D eigenvalue weighted by atomic mass is 10.1. The molecule has 1 aromatic carbocycles. The number of halogens is 1. The maximum atomic E-state index is 12.7. The van der Waals surface area contributed by atoms with Crippen molar-refractivity contribution in [1.29, 1.82) is 0 Å². The first kappa shape index (κ1) is 22.2. The van der Waals surface area contributed by atoms with Crippen LogP contribution >= 0.6 is 22.9 Å². The molecule has 2 aromatic heterocycles. The van der Waals surface area contributed by atoms with E-state index < -0.39 is 5.97 Å². The summed E-state index contributed by atoms with van der Waals surface area (Å²) in [6.45, 7) is 6.04. The van der Waals surface area contributed by atoms with Gasteiger partial charge in [0, 0.05) is 40.0 Å². The number of hydrogen-bond acceptors (Lipinski definition) is 6. The van der Waals surface area contributed by atoms with Crippen molar-refractivity contribution < 1.29 is 19.1 Å². The van der Waals surface area contributed by atoms with Gasteiger partial charge in [0.15, 0.2) is 12.3 Å². The van der Waals surface area contributed by atoms with Gasteiger partial charge >= 0.3 is 5.97 Å². The molecule has 2 heterocycles. The lowest BCUT2D eigenvalue weighted by molar-refractivity contribution is 0.0469. The fourth-order valence-corrected chi connectivity index (χ4v) is 4.43. The molecule has 0 radical (unpaired) electrons. The Morgan fingerprint density at radius 3 is 2.73 bits per heavy atom. The molecule has 1 atom stereocenters. The van der Waals surface area contributed by atoms with Gasteiger partial charge < -0.3 is 14.0 Å². The molecule has 0 aliphatic heterocycles. The number of aryl methyl sites for hydroxylation is 1. The van der Waals surface area contributed by atoms with Crippen LogP contribution in [0, 0.1) is 13.8 Å². The van der Waals surface area contributed by atoms with Crippen LogP contribution in [0.2, 0.25) is 5.02 Å². The Hall–Kier alpha value is -2.48. The molecule has 3 rings (SSSR count). The fourth-order valence-electron chi connectivity index (χ4n) is 3.46. The molecule has 0 amide bonds. The number of methoxy groups -OCH3 is 1. The SMILES string of the molecule is COCC(C)n1c(C)cc(C(=O)COC(=O)c2csc(-c3cccc(Cl)c3)n2)c1C. The maximum absolute atomic E-state index is 12.7. The summed E-state index contributed by atoms with van der Waals surface area (Å²) in [6, 6.07) is 9.14. The second-order valence-corrected chi connectivity index (χ2v) is 8.30. The minimum atomic E-state index is -0.630. The molecule has 0 bridgehead atoms. The van der Waals surface area contributed by atoms with Crippen LogP contribution in [0.5, 0.6) is 0 Å². The standard InChI is InChI=1S/C22H23ClN2O4S/c1-13-8-18(15(3)25(13)14(2)10-28-4)20(26)11-29-22(27)19-12-30-21(24-19)16-6-5-7-17(23)9-16/h5-9,12,14H,10-11H2,1-4H3. The van der Waals surface area contributed by atoms with Crippen LogP contribution in [0.25, 0.3) is 10.6 Å². The molecule has 30 heavy (non-hydrogen) atoms. The number of nitrogens with zero attached hydrogens (tertiary/aromatic N) is 2. The molecular formula is C22H23ClN2O4S. The number of esters is 1. The minimum Gasteiger partial charge on any atom is -0.453 e. The summed E-state index contributed by atoms with van der Waals surface area (Å²) in [7, 11) is 1.65. The Bertz CT molecular complexity index is 1070. The molecule has 6 nitrogen and oxygen atoms in total. The van der Waals surface area contributed by atoms with Gasteiger partial charge in [0.25, 0.3) is 0 Å². The number of carbonyl (C=O) groups is 2. The van der Waals surface area contributed by atoms with Crippen LogP contribution in [-0.2, 0) is 9.47 Å². The molecule has 0 saturated heterocycles. The predicted molar refractivity (Wildman–Crippen MR) is 118 cm³/mol. The van der Waals surface area contributed by atoms with Gasteiger partial charge in [-0.1, -0.05) is 23.7 Å². The van der Waals surface area contributed by atoms with E-state index in [1.807, 2.05) is 39.0 Å². The van der Waals surface area contributed by atoms with E-state index in [1.165, 1.54) is 11.3 Å². The van der Waals surface area contributed by atoms with E-state index in [-0.39, 0.29) is 24.1 Å². The van der Waals surface area contributed by atoms with E-state index in [0.717, 1.165) is 17.0 Å². The third-order valence-electron chi connectivity index (χ3n) is 4.75. The molecule has 0 saturated carbocycles. The summed E-state index contributed by atoms with van der Waals surface area (Å²) < 4.78 is 12.5. The highest BCUT2D eigenvalue weighted by Crippen LogP contribution is 2.26. The van der Waals surface area contributed by atoms with E-state index in [9.17, 15) is 9.59 Å². The molecule has 0 fully saturated rings. The summed E-state index contributed by atoms with van der Waals surface area (Å²) in [4.78, 5) is 29.3. The highest BCUT2D eigenvalue weighted by molar-refractivity contribution is 7.13. The summed E-state index contributed by atoms with van der Waals surface area (Å²) in [5.41, 5.74) is 3.32. The number of ether oxygens (including phenoxy) is 2. The van der Waals surface area contributed by atoms with Gasteiger partial charge in [0.1, 0.15) is 5.01 Å². The normalized spacial score (nSPS) is 12.0. The summed E-state index contributed by atoms with van der Waals surface area (Å²) in [6.07, 6.45) is 0. The monoisotopic (exact) mass is 446 g/mol. The van der Waals surface area contributed by atoms with Gasteiger partial charge in [0.05, 0.1) is 12.6 Å². The predicted octanol–water partition coefficient (Wildman–Crippen LogP) is 5.13. The molecule has 3 aromatic rings. The van der Waals surface area contributed by atoms with Gasteiger partial charge in [-0.25, -0.2) is 9.78 Å². The maximum Gasteiger partial charge on any atom is 0.358 e. The van der Waals surface area contributed by atoms with Gasteiger partial charge in [-0.15, -0.1) is 11.3 Å². The highest BCUT2D eigenvalue weighted by Gasteiger charge is 2.21. The van der Waals surface area contributed by atoms with Gasteiger partial charge in [0.2, 0.25) is 5.78 Å². The Morgan fingerprint density at radius 1 is 1.27 bits per heavy atom.